The van der Waals surface area contributed by atoms with E-state index in [1.54, 1.807) is 6.20 Å². The summed E-state index contributed by atoms with van der Waals surface area (Å²) < 4.78 is 1.82. The van der Waals surface area contributed by atoms with Crippen molar-refractivity contribution in [2.45, 2.75) is 19.9 Å². The van der Waals surface area contributed by atoms with E-state index in [9.17, 15) is 5.11 Å². The molecule has 0 spiro atoms. The number of hydrogen-bond donors (Lipinski definition) is 2. The van der Waals surface area contributed by atoms with Gasteiger partial charge in [0.05, 0.1) is 30.1 Å². The number of aromatic nitrogens is 4. The van der Waals surface area contributed by atoms with Crippen LogP contribution in [0, 0.1) is 5.92 Å². The second kappa shape index (κ2) is 6.72. The molecular formula is C20H21N5O. The molecular weight excluding hydrogens is 326 g/mol. The van der Waals surface area contributed by atoms with Crippen molar-refractivity contribution in [3.63, 3.8) is 0 Å². The Morgan fingerprint density at radius 3 is 2.73 bits per heavy atom. The van der Waals surface area contributed by atoms with Gasteiger partial charge in [-0.3, -0.25) is 4.98 Å². The average molecular weight is 347 g/mol. The van der Waals surface area contributed by atoms with Crippen LogP contribution in [0.2, 0.25) is 0 Å². The van der Waals surface area contributed by atoms with Crippen LogP contribution in [0.3, 0.4) is 0 Å². The van der Waals surface area contributed by atoms with Crippen molar-refractivity contribution in [1.29, 1.82) is 0 Å². The molecule has 2 N–H and O–H groups in total. The minimum absolute atomic E-state index is 0.0499. The van der Waals surface area contributed by atoms with Crippen LogP contribution < -0.4 is 5.32 Å². The summed E-state index contributed by atoms with van der Waals surface area (Å²) in [6.45, 7) is 4.19. The highest BCUT2D eigenvalue weighted by molar-refractivity contribution is 5.92. The van der Waals surface area contributed by atoms with Gasteiger partial charge in [-0.25, -0.2) is 9.50 Å². The number of aliphatic hydroxyl groups is 1. The van der Waals surface area contributed by atoms with E-state index >= 15 is 0 Å². The predicted molar refractivity (Wildman–Crippen MR) is 103 cm³/mol. The number of para-hydroxylation sites is 1. The highest BCUT2D eigenvalue weighted by Crippen LogP contribution is 2.27. The lowest BCUT2D eigenvalue weighted by molar-refractivity contribution is 0.249. The van der Waals surface area contributed by atoms with Gasteiger partial charge in [0, 0.05) is 17.1 Å². The third-order valence-electron chi connectivity index (χ3n) is 4.61. The molecule has 132 valence electrons. The zero-order valence-electron chi connectivity index (χ0n) is 14.8. The van der Waals surface area contributed by atoms with Gasteiger partial charge >= 0.3 is 0 Å². The number of pyridine rings is 1. The minimum atomic E-state index is -0.0499. The Labute approximate surface area is 151 Å². The first-order chi connectivity index (χ1) is 12.7. The quantitative estimate of drug-likeness (QED) is 0.579. The van der Waals surface area contributed by atoms with Crippen molar-refractivity contribution in [2.24, 2.45) is 5.92 Å². The predicted octanol–water partition coefficient (Wildman–Crippen LogP) is 3.37. The molecule has 1 aromatic carbocycles. The van der Waals surface area contributed by atoms with E-state index in [0.29, 0.717) is 11.7 Å². The molecule has 3 heterocycles. The van der Waals surface area contributed by atoms with Crippen LogP contribution in [0.15, 0.2) is 54.9 Å². The van der Waals surface area contributed by atoms with Gasteiger partial charge in [0.25, 0.3) is 0 Å². The van der Waals surface area contributed by atoms with Gasteiger partial charge in [-0.2, -0.15) is 0 Å². The molecule has 1 atom stereocenters. The maximum absolute atomic E-state index is 9.56. The topological polar surface area (TPSA) is 75.3 Å². The molecule has 0 fully saturated rings. The molecule has 0 amide bonds. The third-order valence-corrected chi connectivity index (χ3v) is 4.61. The van der Waals surface area contributed by atoms with Crippen LogP contribution >= 0.6 is 0 Å². The summed E-state index contributed by atoms with van der Waals surface area (Å²) in [6.07, 6.45) is 3.62. The fraction of sp³-hybridized carbons (Fsp3) is 0.250. The maximum atomic E-state index is 9.56. The molecule has 0 aliphatic heterocycles. The minimum Gasteiger partial charge on any atom is -0.394 e. The molecule has 26 heavy (non-hydrogen) atoms. The first kappa shape index (κ1) is 16.5. The van der Waals surface area contributed by atoms with Gasteiger partial charge in [0.1, 0.15) is 5.82 Å². The summed E-state index contributed by atoms with van der Waals surface area (Å²) in [7, 11) is 0. The molecule has 6 heteroatoms. The zero-order valence-corrected chi connectivity index (χ0v) is 14.8. The largest absolute Gasteiger partial charge is 0.394 e. The number of aliphatic hydroxyl groups excluding tert-OH is 1. The lowest BCUT2D eigenvalue weighted by atomic mass is 10.1. The summed E-state index contributed by atoms with van der Waals surface area (Å²) in [4.78, 5) is 9.01. The van der Waals surface area contributed by atoms with E-state index in [2.05, 4.69) is 29.1 Å². The van der Waals surface area contributed by atoms with E-state index in [1.807, 2.05) is 53.2 Å². The Hall–Kier alpha value is -2.99. The van der Waals surface area contributed by atoms with E-state index < -0.39 is 0 Å². The van der Waals surface area contributed by atoms with Gasteiger partial charge < -0.3 is 10.4 Å². The summed E-state index contributed by atoms with van der Waals surface area (Å²) >= 11 is 0. The Bertz CT molecular complexity index is 1050. The molecule has 6 nitrogen and oxygen atoms in total. The van der Waals surface area contributed by atoms with Crippen molar-refractivity contribution in [3.05, 3.63) is 54.9 Å². The van der Waals surface area contributed by atoms with Crippen molar-refractivity contribution >= 4 is 22.4 Å². The van der Waals surface area contributed by atoms with Crippen molar-refractivity contribution in [2.75, 3.05) is 11.9 Å². The second-order valence-corrected chi connectivity index (χ2v) is 6.69. The van der Waals surface area contributed by atoms with Crippen LogP contribution in [0.1, 0.15) is 13.8 Å². The zero-order chi connectivity index (χ0) is 18.1. The lowest BCUT2D eigenvalue weighted by Crippen LogP contribution is -2.30. The van der Waals surface area contributed by atoms with Crippen LogP contribution in [0.4, 0.5) is 5.82 Å². The summed E-state index contributed by atoms with van der Waals surface area (Å²) in [6, 6.07) is 13.8. The highest BCUT2D eigenvalue weighted by Gasteiger charge is 2.15. The number of nitrogens with one attached hydrogen (secondary N) is 1. The fourth-order valence-corrected chi connectivity index (χ4v) is 3.06. The summed E-state index contributed by atoms with van der Waals surface area (Å²) in [5.41, 5.74) is 3.57. The fourth-order valence-electron chi connectivity index (χ4n) is 3.06. The van der Waals surface area contributed by atoms with Crippen LogP contribution in [-0.2, 0) is 0 Å². The molecule has 0 aliphatic rings. The van der Waals surface area contributed by atoms with E-state index in [1.165, 1.54) is 0 Å². The Morgan fingerprint density at radius 1 is 1.08 bits per heavy atom. The number of nitrogens with zero attached hydrogens (tertiary/aromatic N) is 4. The Morgan fingerprint density at radius 2 is 1.92 bits per heavy atom. The molecule has 4 aromatic rings. The second-order valence-electron chi connectivity index (χ2n) is 6.69. The number of anilines is 1. The third kappa shape index (κ3) is 2.88. The molecule has 0 saturated carbocycles. The summed E-state index contributed by atoms with van der Waals surface area (Å²) in [5, 5.41) is 18.6. The summed E-state index contributed by atoms with van der Waals surface area (Å²) in [5.74, 6) is 1.000. The van der Waals surface area contributed by atoms with Gasteiger partial charge in [0.2, 0.25) is 0 Å². The van der Waals surface area contributed by atoms with Gasteiger partial charge in [-0.05, 0) is 24.1 Å². The molecule has 0 aliphatic carbocycles. The van der Waals surface area contributed by atoms with Gasteiger partial charge in [0.15, 0.2) is 5.65 Å². The average Bonchev–Trinajstić information content (AvgIpc) is 3.08. The van der Waals surface area contributed by atoms with Gasteiger partial charge in [-0.15, -0.1) is 5.10 Å². The Balaban J connectivity index is 1.82. The molecule has 0 radical (unpaired) electrons. The molecule has 0 saturated heterocycles. The highest BCUT2D eigenvalue weighted by atomic mass is 16.3. The van der Waals surface area contributed by atoms with Crippen LogP contribution in [0.5, 0.6) is 0 Å². The lowest BCUT2D eigenvalue weighted by Gasteiger charge is -2.20. The standard InChI is InChI=1S/C20H21N5O/c1-13(2)16(12-26)23-18-8-9-19-22-11-17(25(19)24-18)15-7-3-5-14-6-4-10-21-20(14)15/h3-11,13,16,26H,12H2,1-2H3,(H,23,24)/t16-/m1/s1. The van der Waals surface area contributed by atoms with Crippen LogP contribution in [0.25, 0.3) is 27.8 Å². The number of imidazole rings is 1. The molecule has 3 aromatic heterocycles. The normalized spacial score (nSPS) is 12.8. The van der Waals surface area contributed by atoms with Crippen molar-refractivity contribution in [1.82, 2.24) is 19.6 Å². The molecule has 4 rings (SSSR count). The molecule has 0 unspecified atom stereocenters. The smallest absolute Gasteiger partial charge is 0.154 e. The van der Waals surface area contributed by atoms with Crippen molar-refractivity contribution in [3.8, 4) is 11.3 Å². The monoisotopic (exact) mass is 347 g/mol. The van der Waals surface area contributed by atoms with E-state index in [-0.39, 0.29) is 12.6 Å². The molecule has 0 bridgehead atoms. The van der Waals surface area contributed by atoms with E-state index in [4.69, 9.17) is 5.10 Å². The Kier molecular flexibility index (Phi) is 4.26. The number of rotatable bonds is 5. The SMILES string of the molecule is CC(C)[C@@H](CO)Nc1ccc2ncc(-c3cccc4cccnc34)n2n1. The first-order valence-electron chi connectivity index (χ1n) is 8.73. The van der Waals surface area contributed by atoms with E-state index in [0.717, 1.165) is 27.8 Å². The number of hydrogen-bond acceptors (Lipinski definition) is 5. The number of fused-ring (bicyclic) bond motifs is 2. The van der Waals surface area contributed by atoms with Gasteiger partial charge in [-0.1, -0.05) is 38.1 Å². The maximum Gasteiger partial charge on any atom is 0.154 e. The first-order valence-corrected chi connectivity index (χ1v) is 8.73. The van der Waals surface area contributed by atoms with Crippen LogP contribution in [-0.4, -0.2) is 37.3 Å². The number of benzene rings is 1. The van der Waals surface area contributed by atoms with Crippen molar-refractivity contribution < 1.29 is 5.11 Å².